The third kappa shape index (κ3) is 5.70. The first-order valence-corrected chi connectivity index (χ1v) is 4.95. The van der Waals surface area contributed by atoms with Crippen molar-refractivity contribution in [2.45, 2.75) is 39.7 Å². The number of nitrogens with one attached hydrogen (secondary N) is 1. The zero-order valence-corrected chi connectivity index (χ0v) is 9.04. The summed E-state index contributed by atoms with van der Waals surface area (Å²) in [5.41, 5.74) is 0. The normalized spacial score (nSPS) is 12.9. The summed E-state index contributed by atoms with van der Waals surface area (Å²) < 4.78 is 0. The molecule has 0 saturated heterocycles. The van der Waals surface area contributed by atoms with E-state index < -0.39 is 5.97 Å². The van der Waals surface area contributed by atoms with Gasteiger partial charge in [0.25, 0.3) is 0 Å². The van der Waals surface area contributed by atoms with Crippen molar-refractivity contribution in [3.8, 4) is 0 Å². The Hall–Kier alpha value is -0.900. The Balaban J connectivity index is 4.08. The smallest absolute Gasteiger partial charge is 0.304 e. The topological polar surface area (TPSA) is 66.4 Å². The molecule has 0 radical (unpaired) electrons. The molecule has 0 aromatic rings. The second-order valence-electron chi connectivity index (χ2n) is 3.68. The minimum atomic E-state index is -0.868. The maximum absolute atomic E-state index is 11.4. The van der Waals surface area contributed by atoms with Gasteiger partial charge < -0.3 is 10.4 Å². The van der Waals surface area contributed by atoms with Gasteiger partial charge in [-0.05, 0) is 6.54 Å². The van der Waals surface area contributed by atoms with Gasteiger partial charge in [0.15, 0.2) is 0 Å². The van der Waals surface area contributed by atoms with E-state index in [0.717, 1.165) is 0 Å². The van der Waals surface area contributed by atoms with Crippen molar-refractivity contribution < 1.29 is 14.7 Å². The average Bonchev–Trinajstić information content (AvgIpc) is 2.02. The van der Waals surface area contributed by atoms with E-state index in [2.05, 4.69) is 5.32 Å². The van der Waals surface area contributed by atoms with Crippen molar-refractivity contribution in [3.05, 3.63) is 0 Å². The number of hydrogen-bond donors (Lipinski definition) is 2. The van der Waals surface area contributed by atoms with Gasteiger partial charge in [0.2, 0.25) is 0 Å². The molecule has 0 heterocycles. The third-order valence-electron chi connectivity index (χ3n) is 2.01. The number of aliphatic carboxylic acids is 1. The van der Waals surface area contributed by atoms with E-state index in [4.69, 9.17) is 5.11 Å². The standard InChI is InChI=1S/C10H19NO3/c1-4-11-8(6-10(13)14)5-9(12)7(2)3/h7-8,11H,4-6H2,1-3H3,(H,13,14). The van der Waals surface area contributed by atoms with Gasteiger partial charge in [0.1, 0.15) is 5.78 Å². The molecule has 0 fully saturated rings. The molecule has 2 N–H and O–H groups in total. The van der Waals surface area contributed by atoms with Crippen LogP contribution < -0.4 is 5.32 Å². The second-order valence-corrected chi connectivity index (χ2v) is 3.68. The minimum Gasteiger partial charge on any atom is -0.481 e. The molecular weight excluding hydrogens is 182 g/mol. The van der Waals surface area contributed by atoms with E-state index in [1.807, 2.05) is 20.8 Å². The Morgan fingerprint density at radius 1 is 1.29 bits per heavy atom. The molecular formula is C10H19NO3. The fourth-order valence-corrected chi connectivity index (χ4v) is 1.19. The lowest BCUT2D eigenvalue weighted by Crippen LogP contribution is -2.34. The first-order valence-electron chi connectivity index (χ1n) is 4.95. The van der Waals surface area contributed by atoms with Crippen LogP contribution in [0.1, 0.15) is 33.6 Å². The van der Waals surface area contributed by atoms with Gasteiger partial charge in [-0.2, -0.15) is 0 Å². The Morgan fingerprint density at radius 3 is 2.21 bits per heavy atom. The molecule has 0 aliphatic heterocycles. The number of ketones is 1. The number of rotatable bonds is 7. The molecule has 0 spiro atoms. The third-order valence-corrected chi connectivity index (χ3v) is 2.01. The predicted molar refractivity (Wildman–Crippen MR) is 54.2 cm³/mol. The zero-order valence-electron chi connectivity index (χ0n) is 9.04. The van der Waals surface area contributed by atoms with Crippen molar-refractivity contribution >= 4 is 11.8 Å². The molecule has 1 atom stereocenters. The molecule has 1 unspecified atom stereocenters. The number of carboxylic acid groups (broad SMARTS) is 1. The molecule has 0 saturated carbocycles. The van der Waals surface area contributed by atoms with Gasteiger partial charge >= 0.3 is 5.97 Å². The second kappa shape index (κ2) is 6.54. The fourth-order valence-electron chi connectivity index (χ4n) is 1.19. The number of carboxylic acids is 1. The molecule has 4 nitrogen and oxygen atoms in total. The highest BCUT2D eigenvalue weighted by atomic mass is 16.4. The van der Waals surface area contributed by atoms with Crippen molar-refractivity contribution in [3.63, 3.8) is 0 Å². The summed E-state index contributed by atoms with van der Waals surface area (Å²) in [4.78, 5) is 21.9. The largest absolute Gasteiger partial charge is 0.481 e. The van der Waals surface area contributed by atoms with Crippen LogP contribution in [0.3, 0.4) is 0 Å². The van der Waals surface area contributed by atoms with Crippen LogP contribution >= 0.6 is 0 Å². The first-order chi connectivity index (χ1) is 6.47. The van der Waals surface area contributed by atoms with Crippen LogP contribution in [0.15, 0.2) is 0 Å². The summed E-state index contributed by atoms with van der Waals surface area (Å²) in [6.45, 7) is 6.23. The summed E-state index contributed by atoms with van der Waals surface area (Å²) in [6.07, 6.45) is 0.310. The van der Waals surface area contributed by atoms with E-state index in [0.29, 0.717) is 13.0 Å². The summed E-state index contributed by atoms with van der Waals surface area (Å²) in [5.74, 6) is -0.783. The van der Waals surface area contributed by atoms with Gasteiger partial charge in [-0.3, -0.25) is 9.59 Å². The average molecular weight is 201 g/mol. The van der Waals surface area contributed by atoms with E-state index in [1.165, 1.54) is 0 Å². The van der Waals surface area contributed by atoms with Crippen molar-refractivity contribution in [2.24, 2.45) is 5.92 Å². The fraction of sp³-hybridized carbons (Fsp3) is 0.800. The monoisotopic (exact) mass is 201 g/mol. The van der Waals surface area contributed by atoms with E-state index in [1.54, 1.807) is 0 Å². The molecule has 0 bridgehead atoms. The van der Waals surface area contributed by atoms with Crippen molar-refractivity contribution in [1.29, 1.82) is 0 Å². The van der Waals surface area contributed by atoms with Crippen LogP contribution in [0.4, 0.5) is 0 Å². The van der Waals surface area contributed by atoms with Crippen LogP contribution in [0, 0.1) is 5.92 Å². The molecule has 0 aromatic carbocycles. The Morgan fingerprint density at radius 2 is 1.86 bits per heavy atom. The lowest BCUT2D eigenvalue weighted by Gasteiger charge is -2.15. The van der Waals surface area contributed by atoms with Crippen LogP contribution in [0.2, 0.25) is 0 Å². The van der Waals surface area contributed by atoms with E-state index in [-0.39, 0.29) is 24.2 Å². The Kier molecular flexibility index (Phi) is 6.12. The highest BCUT2D eigenvalue weighted by molar-refractivity contribution is 5.81. The zero-order chi connectivity index (χ0) is 11.1. The molecule has 0 rings (SSSR count). The quantitative estimate of drug-likeness (QED) is 0.646. The number of hydrogen-bond acceptors (Lipinski definition) is 3. The Labute approximate surface area is 84.7 Å². The van der Waals surface area contributed by atoms with Gasteiger partial charge in [0.05, 0.1) is 6.42 Å². The molecule has 4 heteroatoms. The van der Waals surface area contributed by atoms with Crippen molar-refractivity contribution in [1.82, 2.24) is 5.32 Å². The van der Waals surface area contributed by atoms with Crippen LogP contribution in [-0.4, -0.2) is 29.4 Å². The predicted octanol–water partition coefficient (Wildman–Crippen LogP) is 1.05. The van der Waals surface area contributed by atoms with E-state index >= 15 is 0 Å². The van der Waals surface area contributed by atoms with Crippen LogP contribution in [-0.2, 0) is 9.59 Å². The lowest BCUT2D eigenvalue weighted by molar-refractivity contribution is -0.137. The van der Waals surface area contributed by atoms with Gasteiger partial charge in [0, 0.05) is 18.4 Å². The number of carbonyl (C=O) groups is 2. The van der Waals surface area contributed by atoms with Gasteiger partial charge in [-0.1, -0.05) is 20.8 Å². The highest BCUT2D eigenvalue weighted by Crippen LogP contribution is 2.05. The Bertz CT molecular complexity index is 202. The maximum Gasteiger partial charge on any atom is 0.304 e. The van der Waals surface area contributed by atoms with E-state index in [9.17, 15) is 9.59 Å². The number of carbonyl (C=O) groups excluding carboxylic acids is 1. The molecule has 0 aromatic heterocycles. The summed E-state index contributed by atoms with van der Waals surface area (Å²) in [7, 11) is 0. The molecule has 0 aliphatic rings. The number of Topliss-reactive ketones (excluding diaryl/α,β-unsaturated/α-hetero) is 1. The summed E-state index contributed by atoms with van der Waals surface area (Å²) >= 11 is 0. The van der Waals surface area contributed by atoms with Gasteiger partial charge in [-0.25, -0.2) is 0 Å². The SMILES string of the molecule is CCNC(CC(=O)O)CC(=O)C(C)C. The molecule has 82 valence electrons. The maximum atomic E-state index is 11.4. The summed E-state index contributed by atoms with van der Waals surface area (Å²) in [5, 5.41) is 11.6. The lowest BCUT2D eigenvalue weighted by atomic mass is 10.00. The minimum absolute atomic E-state index is 0.00625. The van der Waals surface area contributed by atoms with Crippen LogP contribution in [0.25, 0.3) is 0 Å². The highest BCUT2D eigenvalue weighted by Gasteiger charge is 2.17. The molecule has 0 amide bonds. The van der Waals surface area contributed by atoms with Crippen LogP contribution in [0.5, 0.6) is 0 Å². The summed E-state index contributed by atoms with van der Waals surface area (Å²) in [6, 6.07) is -0.229. The first kappa shape index (κ1) is 13.1. The molecule has 14 heavy (non-hydrogen) atoms. The molecule has 0 aliphatic carbocycles. The van der Waals surface area contributed by atoms with Gasteiger partial charge in [-0.15, -0.1) is 0 Å². The van der Waals surface area contributed by atoms with Crippen molar-refractivity contribution in [2.75, 3.05) is 6.54 Å².